The number of hydrogen-bond donors (Lipinski definition) is 4. The topological polar surface area (TPSA) is 191 Å². The summed E-state index contributed by atoms with van der Waals surface area (Å²) < 4.78 is 7.91. The number of aryl methyl sites for hydroxylation is 1. The lowest BCUT2D eigenvalue weighted by atomic mass is 10.0. The summed E-state index contributed by atoms with van der Waals surface area (Å²) in [6, 6.07) is 9.25. The van der Waals surface area contributed by atoms with E-state index in [0.717, 1.165) is 16.5 Å². The van der Waals surface area contributed by atoms with E-state index in [1.54, 1.807) is 19.9 Å². The Hall–Kier alpha value is -5.93. The number of anilines is 1. The molecular formula is C44H58N8O8. The molecule has 0 radical (unpaired) electrons. The van der Waals surface area contributed by atoms with Gasteiger partial charge >= 0.3 is 12.0 Å². The molecule has 16 heteroatoms. The molecular weight excluding hydrogens is 769 g/mol. The summed E-state index contributed by atoms with van der Waals surface area (Å²) in [5.41, 5.74) is 2.13. The predicted molar refractivity (Wildman–Crippen MR) is 224 cm³/mol. The van der Waals surface area contributed by atoms with E-state index < -0.39 is 83.9 Å². The van der Waals surface area contributed by atoms with Crippen LogP contribution in [-0.2, 0) is 47.0 Å². The number of carbonyl (C=O) groups excluding carboxylic acids is 7. The molecule has 60 heavy (non-hydrogen) atoms. The first-order chi connectivity index (χ1) is 28.7. The molecule has 0 spiro atoms. The number of nitrogens with one attached hydrogen (secondary N) is 4. The van der Waals surface area contributed by atoms with Gasteiger partial charge in [-0.15, -0.1) is 0 Å². The second-order valence-electron chi connectivity index (χ2n) is 16.4. The summed E-state index contributed by atoms with van der Waals surface area (Å²) in [4.78, 5) is 103. The van der Waals surface area contributed by atoms with E-state index in [1.807, 2.05) is 80.2 Å². The van der Waals surface area contributed by atoms with Crippen molar-refractivity contribution in [2.75, 3.05) is 25.0 Å². The summed E-state index contributed by atoms with van der Waals surface area (Å²) in [5, 5.41) is 12.2. The van der Waals surface area contributed by atoms with Crippen molar-refractivity contribution in [2.45, 2.75) is 115 Å². The second kappa shape index (κ2) is 19.0. The number of esters is 1. The standard InChI is InChI=1S/C44H58N8O8/c1-7-19-50-33(8-2)39(54)45-27(4)40(55)52-25-26(3)22-36(52)43(58)60-28(5)37(42(57)51-20-12-15-34(51)41(50)56)48-38(53)32(23-29-13-10-9-11-14-29)47-44(59)46-31-17-16-30-18-21-49(6)35(30)24-31/h9-11,13-14,16-18,21,24,26-28,32-34,36-37H,7-8,12,15,19-20,22-23,25H2,1-6H3,(H,45,54)(H,48,53)(H2,46,47,59)/t26-,27+,28+,32+,33+,34+,36+,37+/m1/s1. The van der Waals surface area contributed by atoms with Crippen LogP contribution in [0.4, 0.5) is 10.5 Å². The molecule has 3 aromatic rings. The Morgan fingerprint density at radius 2 is 1.67 bits per heavy atom. The number of urea groups is 1. The second-order valence-corrected chi connectivity index (χ2v) is 16.4. The smallest absolute Gasteiger partial charge is 0.329 e. The molecule has 0 aliphatic carbocycles. The zero-order chi connectivity index (χ0) is 43.2. The van der Waals surface area contributed by atoms with Crippen molar-refractivity contribution in [3.05, 3.63) is 66.4 Å². The minimum atomic E-state index is -1.49. The zero-order valence-corrected chi connectivity index (χ0v) is 35.3. The van der Waals surface area contributed by atoms with Crippen molar-refractivity contribution >= 4 is 58.1 Å². The summed E-state index contributed by atoms with van der Waals surface area (Å²) >= 11 is 0. The largest absolute Gasteiger partial charge is 0.458 e. The quantitative estimate of drug-likeness (QED) is 0.237. The van der Waals surface area contributed by atoms with Gasteiger partial charge in [-0.2, -0.15) is 0 Å². The zero-order valence-electron chi connectivity index (χ0n) is 35.3. The van der Waals surface area contributed by atoms with Gasteiger partial charge in [0, 0.05) is 50.5 Å². The summed E-state index contributed by atoms with van der Waals surface area (Å²) in [5.74, 6) is -3.61. The van der Waals surface area contributed by atoms with Gasteiger partial charge < -0.3 is 45.3 Å². The minimum absolute atomic E-state index is 0.0541. The number of cyclic esters (lactones) is 1. The van der Waals surface area contributed by atoms with Gasteiger partial charge in [0.1, 0.15) is 42.4 Å². The van der Waals surface area contributed by atoms with Crippen LogP contribution in [0.1, 0.15) is 72.3 Å². The molecule has 16 nitrogen and oxygen atoms in total. The third kappa shape index (κ3) is 9.58. The summed E-state index contributed by atoms with van der Waals surface area (Å²) in [6.07, 6.45) is 2.58. The summed E-state index contributed by atoms with van der Waals surface area (Å²) in [6.45, 7) is 9.29. The molecule has 322 valence electrons. The Kier molecular flexibility index (Phi) is 13.8. The number of nitrogens with zero attached hydrogens (tertiary/aromatic N) is 4. The number of carbonyl (C=O) groups is 7. The molecule has 3 aliphatic heterocycles. The molecule has 3 saturated heterocycles. The number of hydrogen-bond acceptors (Lipinski definition) is 8. The van der Waals surface area contributed by atoms with Crippen LogP contribution in [0.3, 0.4) is 0 Å². The van der Waals surface area contributed by atoms with Crippen LogP contribution in [0, 0.1) is 5.92 Å². The molecule has 7 amide bonds. The highest BCUT2D eigenvalue weighted by Gasteiger charge is 2.47. The number of ether oxygens (including phenoxy) is 1. The Morgan fingerprint density at radius 3 is 2.38 bits per heavy atom. The van der Waals surface area contributed by atoms with E-state index in [-0.39, 0.29) is 38.4 Å². The van der Waals surface area contributed by atoms with E-state index in [2.05, 4.69) is 21.3 Å². The van der Waals surface area contributed by atoms with Gasteiger partial charge in [0.05, 0.1) is 0 Å². The fourth-order valence-electron chi connectivity index (χ4n) is 8.69. The Morgan fingerprint density at radius 1 is 0.917 bits per heavy atom. The molecule has 3 fully saturated rings. The van der Waals surface area contributed by atoms with E-state index in [4.69, 9.17) is 4.74 Å². The lowest BCUT2D eigenvalue weighted by Gasteiger charge is -2.37. The predicted octanol–water partition coefficient (Wildman–Crippen LogP) is 3.09. The van der Waals surface area contributed by atoms with Gasteiger partial charge in [-0.3, -0.25) is 24.0 Å². The highest BCUT2D eigenvalue weighted by molar-refractivity contribution is 5.99. The fraction of sp³-hybridized carbons (Fsp3) is 0.523. The normalized spacial score (nSPS) is 26.0. The average Bonchev–Trinajstić information content (AvgIpc) is 3.97. The van der Waals surface area contributed by atoms with Crippen LogP contribution in [0.15, 0.2) is 60.8 Å². The molecule has 4 N–H and O–H groups in total. The van der Waals surface area contributed by atoms with Gasteiger partial charge in [0.25, 0.3) is 0 Å². The van der Waals surface area contributed by atoms with Crippen molar-refractivity contribution in [1.82, 2.24) is 35.2 Å². The molecule has 0 saturated carbocycles. The number of amides is 7. The SMILES string of the molecule is CCCN1C(=O)[C@@H]2CCCN2C(=O)[C@@H](NC(=O)[C@H](Cc2ccccc2)NC(=O)Nc2ccc3ccn(C)c3c2)[C@H](C)OC(=O)[C@@H]2C[C@@H](C)CN2C(=O)[C@H](C)NC(=O)[C@@H]1CC. The average molecular weight is 827 g/mol. The van der Waals surface area contributed by atoms with Crippen molar-refractivity contribution in [1.29, 1.82) is 0 Å². The number of fused-ring (bicyclic) bond motifs is 3. The van der Waals surface area contributed by atoms with Crippen LogP contribution < -0.4 is 21.3 Å². The molecule has 6 rings (SSSR count). The Labute approximate surface area is 350 Å². The van der Waals surface area contributed by atoms with Crippen LogP contribution in [-0.4, -0.2) is 123 Å². The monoisotopic (exact) mass is 826 g/mol. The van der Waals surface area contributed by atoms with Gasteiger partial charge in [0.15, 0.2) is 0 Å². The van der Waals surface area contributed by atoms with E-state index in [0.29, 0.717) is 31.4 Å². The number of benzene rings is 2. The number of aromatic nitrogens is 1. The maximum Gasteiger partial charge on any atom is 0.329 e. The van der Waals surface area contributed by atoms with Gasteiger partial charge in [0.2, 0.25) is 29.5 Å². The molecule has 8 atom stereocenters. The minimum Gasteiger partial charge on any atom is -0.458 e. The molecule has 1 aromatic heterocycles. The fourth-order valence-corrected chi connectivity index (χ4v) is 8.69. The molecule has 0 bridgehead atoms. The van der Waals surface area contributed by atoms with E-state index in [9.17, 15) is 33.6 Å². The van der Waals surface area contributed by atoms with Crippen LogP contribution in [0.2, 0.25) is 0 Å². The molecule has 4 heterocycles. The van der Waals surface area contributed by atoms with Crippen LogP contribution >= 0.6 is 0 Å². The van der Waals surface area contributed by atoms with Gasteiger partial charge in [-0.25, -0.2) is 9.59 Å². The van der Waals surface area contributed by atoms with Crippen molar-refractivity contribution in [3.8, 4) is 0 Å². The first-order valence-corrected chi connectivity index (χ1v) is 21.1. The first kappa shape index (κ1) is 43.6. The highest BCUT2D eigenvalue weighted by atomic mass is 16.5. The molecule has 0 unspecified atom stereocenters. The highest BCUT2D eigenvalue weighted by Crippen LogP contribution is 2.28. The van der Waals surface area contributed by atoms with Crippen molar-refractivity contribution in [2.24, 2.45) is 13.0 Å². The van der Waals surface area contributed by atoms with E-state index >= 15 is 0 Å². The van der Waals surface area contributed by atoms with Gasteiger partial charge in [-0.05, 0) is 81.0 Å². The lowest BCUT2D eigenvalue weighted by Crippen LogP contribution is -2.62. The Balaban J connectivity index is 1.33. The lowest BCUT2D eigenvalue weighted by molar-refractivity contribution is -0.163. The third-order valence-electron chi connectivity index (χ3n) is 11.8. The molecule has 3 aliphatic rings. The van der Waals surface area contributed by atoms with Crippen LogP contribution in [0.5, 0.6) is 0 Å². The van der Waals surface area contributed by atoms with Crippen LogP contribution in [0.25, 0.3) is 10.9 Å². The maximum atomic E-state index is 14.8. The van der Waals surface area contributed by atoms with E-state index in [1.165, 1.54) is 21.6 Å². The Bertz CT molecular complexity index is 2090. The van der Waals surface area contributed by atoms with Crippen molar-refractivity contribution in [3.63, 3.8) is 0 Å². The van der Waals surface area contributed by atoms with Crippen molar-refractivity contribution < 1.29 is 38.3 Å². The van der Waals surface area contributed by atoms with Gasteiger partial charge in [-0.1, -0.05) is 57.2 Å². The molecule has 2 aromatic carbocycles. The summed E-state index contributed by atoms with van der Waals surface area (Å²) in [7, 11) is 1.89. The third-order valence-corrected chi connectivity index (χ3v) is 11.8. The first-order valence-electron chi connectivity index (χ1n) is 21.1. The number of rotatable bonds is 9. The maximum absolute atomic E-state index is 14.8.